The number of fused-ring (bicyclic) bond motifs is 1. The van der Waals surface area contributed by atoms with E-state index in [1.54, 1.807) is 6.07 Å². The zero-order valence-electron chi connectivity index (χ0n) is 6.45. The van der Waals surface area contributed by atoms with E-state index in [4.69, 9.17) is 0 Å². The van der Waals surface area contributed by atoms with Gasteiger partial charge in [0.2, 0.25) is 0 Å². The Labute approximate surface area is 81.8 Å². The molecule has 1 heterocycles. The molecule has 13 heavy (non-hydrogen) atoms. The molecule has 0 aliphatic rings. The van der Waals surface area contributed by atoms with Gasteiger partial charge in [-0.3, -0.25) is 0 Å². The summed E-state index contributed by atoms with van der Waals surface area (Å²) in [7, 11) is 0. The molecule has 0 amide bonds. The van der Waals surface area contributed by atoms with Gasteiger partial charge >= 0.3 is 5.82 Å². The standard InChI is InChI=1S/C8H5BrN2O2/c9-7-5-3-1-2-4-6(5)10-8(7)11(12)13/h1-4,10H. The summed E-state index contributed by atoms with van der Waals surface area (Å²) in [5, 5.41) is 11.4. The van der Waals surface area contributed by atoms with Crippen LogP contribution in [0.15, 0.2) is 28.7 Å². The molecular formula is C8H5BrN2O2. The van der Waals surface area contributed by atoms with Gasteiger partial charge in [0, 0.05) is 5.39 Å². The van der Waals surface area contributed by atoms with Crippen molar-refractivity contribution in [3.8, 4) is 0 Å². The van der Waals surface area contributed by atoms with Crippen molar-refractivity contribution < 1.29 is 4.92 Å². The van der Waals surface area contributed by atoms with Crippen LogP contribution in [0.4, 0.5) is 5.82 Å². The number of rotatable bonds is 1. The van der Waals surface area contributed by atoms with Crippen LogP contribution in [0.5, 0.6) is 0 Å². The van der Waals surface area contributed by atoms with Gasteiger partial charge in [-0.05, 0) is 33.0 Å². The largest absolute Gasteiger partial charge is 0.358 e. The van der Waals surface area contributed by atoms with E-state index in [-0.39, 0.29) is 5.82 Å². The third-order valence-electron chi connectivity index (χ3n) is 1.81. The number of para-hydroxylation sites is 1. The molecule has 0 saturated heterocycles. The Morgan fingerprint density at radius 2 is 2.08 bits per heavy atom. The lowest BCUT2D eigenvalue weighted by Crippen LogP contribution is -1.87. The van der Waals surface area contributed by atoms with E-state index in [2.05, 4.69) is 20.9 Å². The highest BCUT2D eigenvalue weighted by atomic mass is 79.9. The molecular weight excluding hydrogens is 236 g/mol. The lowest BCUT2D eigenvalue weighted by Gasteiger charge is -1.88. The number of halogens is 1. The normalized spacial score (nSPS) is 10.5. The van der Waals surface area contributed by atoms with E-state index in [9.17, 15) is 10.1 Å². The van der Waals surface area contributed by atoms with Gasteiger partial charge in [-0.2, -0.15) is 0 Å². The molecule has 0 aliphatic heterocycles. The zero-order valence-corrected chi connectivity index (χ0v) is 8.04. The van der Waals surface area contributed by atoms with Gasteiger partial charge in [-0.25, -0.2) is 4.98 Å². The molecule has 66 valence electrons. The number of nitrogens with zero attached hydrogens (tertiary/aromatic N) is 1. The lowest BCUT2D eigenvalue weighted by molar-refractivity contribution is -0.389. The lowest BCUT2D eigenvalue weighted by atomic mass is 10.2. The second kappa shape index (κ2) is 2.85. The monoisotopic (exact) mass is 240 g/mol. The third kappa shape index (κ3) is 1.21. The minimum atomic E-state index is -0.440. The van der Waals surface area contributed by atoms with Crippen LogP contribution < -0.4 is 0 Å². The first kappa shape index (κ1) is 8.25. The first-order valence-corrected chi connectivity index (χ1v) is 4.40. The van der Waals surface area contributed by atoms with Crippen molar-refractivity contribution in [3.05, 3.63) is 38.9 Å². The molecule has 0 aliphatic carbocycles. The molecule has 0 spiro atoms. The maximum atomic E-state index is 10.5. The Kier molecular flexibility index (Phi) is 1.81. The zero-order chi connectivity index (χ0) is 9.42. The Morgan fingerprint density at radius 1 is 1.38 bits per heavy atom. The number of nitrogens with one attached hydrogen (secondary N) is 1. The van der Waals surface area contributed by atoms with E-state index in [0.29, 0.717) is 4.47 Å². The number of hydrogen-bond acceptors (Lipinski definition) is 2. The summed E-state index contributed by atoms with van der Waals surface area (Å²) in [5.74, 6) is 0.00111. The summed E-state index contributed by atoms with van der Waals surface area (Å²) in [5.41, 5.74) is 0.765. The molecule has 0 radical (unpaired) electrons. The first-order chi connectivity index (χ1) is 6.20. The van der Waals surface area contributed by atoms with Crippen LogP contribution in [0, 0.1) is 10.1 Å². The van der Waals surface area contributed by atoms with E-state index in [1.807, 2.05) is 18.2 Å². The summed E-state index contributed by atoms with van der Waals surface area (Å²) in [6, 6.07) is 7.29. The SMILES string of the molecule is O=[N+]([O-])c1[nH]c2ccccc2c1Br. The fourth-order valence-electron chi connectivity index (χ4n) is 1.22. The van der Waals surface area contributed by atoms with Gasteiger partial charge in [0.25, 0.3) is 0 Å². The van der Waals surface area contributed by atoms with Crippen LogP contribution in [0.1, 0.15) is 0 Å². The van der Waals surface area contributed by atoms with Crippen LogP contribution in [0.3, 0.4) is 0 Å². The summed E-state index contributed by atoms with van der Waals surface area (Å²) in [6.45, 7) is 0. The van der Waals surface area contributed by atoms with Gasteiger partial charge in [0.15, 0.2) is 0 Å². The number of aromatic nitrogens is 1. The minimum absolute atomic E-state index is 0.00111. The molecule has 5 heteroatoms. The van der Waals surface area contributed by atoms with Crippen molar-refractivity contribution in [2.45, 2.75) is 0 Å². The Bertz CT molecular complexity index is 478. The van der Waals surface area contributed by atoms with E-state index in [0.717, 1.165) is 10.9 Å². The van der Waals surface area contributed by atoms with Crippen LogP contribution >= 0.6 is 15.9 Å². The van der Waals surface area contributed by atoms with Crippen molar-refractivity contribution in [2.24, 2.45) is 0 Å². The predicted octanol–water partition coefficient (Wildman–Crippen LogP) is 2.84. The van der Waals surface area contributed by atoms with E-state index >= 15 is 0 Å². The summed E-state index contributed by atoms with van der Waals surface area (Å²) in [4.78, 5) is 12.8. The van der Waals surface area contributed by atoms with E-state index in [1.165, 1.54) is 0 Å². The third-order valence-corrected chi connectivity index (χ3v) is 2.61. The molecule has 2 rings (SSSR count). The number of benzene rings is 1. The molecule has 1 N–H and O–H groups in total. The molecule has 1 aromatic carbocycles. The first-order valence-electron chi connectivity index (χ1n) is 3.61. The van der Waals surface area contributed by atoms with Crippen LogP contribution in [-0.2, 0) is 0 Å². The summed E-state index contributed by atoms with van der Waals surface area (Å²) >= 11 is 3.18. The highest BCUT2D eigenvalue weighted by molar-refractivity contribution is 9.10. The molecule has 0 bridgehead atoms. The molecule has 2 aromatic rings. The van der Waals surface area contributed by atoms with Gasteiger partial charge in [-0.15, -0.1) is 0 Å². The molecule has 0 unspecified atom stereocenters. The second-order valence-corrected chi connectivity index (χ2v) is 3.38. The fraction of sp³-hybridized carbons (Fsp3) is 0. The van der Waals surface area contributed by atoms with Crippen molar-refractivity contribution in [1.29, 1.82) is 0 Å². The maximum absolute atomic E-state index is 10.5. The van der Waals surface area contributed by atoms with Gasteiger partial charge < -0.3 is 10.1 Å². The minimum Gasteiger partial charge on any atom is -0.358 e. The Morgan fingerprint density at radius 3 is 2.69 bits per heavy atom. The quantitative estimate of drug-likeness (QED) is 0.616. The highest BCUT2D eigenvalue weighted by Gasteiger charge is 2.16. The van der Waals surface area contributed by atoms with Crippen molar-refractivity contribution in [2.75, 3.05) is 0 Å². The highest BCUT2D eigenvalue weighted by Crippen LogP contribution is 2.32. The number of aromatic amines is 1. The summed E-state index contributed by atoms with van der Waals surface area (Å²) < 4.78 is 0.508. The summed E-state index contributed by atoms with van der Waals surface area (Å²) in [6.07, 6.45) is 0. The average molecular weight is 241 g/mol. The van der Waals surface area contributed by atoms with Gasteiger partial charge in [-0.1, -0.05) is 12.1 Å². The Balaban J connectivity index is 2.81. The molecule has 0 saturated carbocycles. The van der Waals surface area contributed by atoms with Crippen molar-refractivity contribution in [3.63, 3.8) is 0 Å². The van der Waals surface area contributed by atoms with Crippen molar-refractivity contribution in [1.82, 2.24) is 4.98 Å². The predicted molar refractivity (Wildman–Crippen MR) is 52.7 cm³/mol. The van der Waals surface area contributed by atoms with Crippen molar-refractivity contribution >= 4 is 32.7 Å². The number of H-pyrrole nitrogens is 1. The molecule has 4 nitrogen and oxygen atoms in total. The van der Waals surface area contributed by atoms with Crippen LogP contribution in [0.2, 0.25) is 0 Å². The molecule has 0 fully saturated rings. The van der Waals surface area contributed by atoms with Gasteiger partial charge in [0.1, 0.15) is 9.99 Å². The number of nitro groups is 1. The smallest absolute Gasteiger partial charge is 0.336 e. The number of hydrogen-bond donors (Lipinski definition) is 1. The molecule has 1 aromatic heterocycles. The average Bonchev–Trinajstić information content (AvgIpc) is 2.45. The fourth-order valence-corrected chi connectivity index (χ4v) is 1.81. The second-order valence-electron chi connectivity index (χ2n) is 2.59. The van der Waals surface area contributed by atoms with Gasteiger partial charge in [0.05, 0.1) is 0 Å². The maximum Gasteiger partial charge on any atom is 0.336 e. The topological polar surface area (TPSA) is 58.9 Å². The van der Waals surface area contributed by atoms with E-state index < -0.39 is 4.92 Å². The van der Waals surface area contributed by atoms with Crippen LogP contribution in [0.25, 0.3) is 10.9 Å². The Hall–Kier alpha value is -1.36. The molecule has 0 atom stereocenters. The van der Waals surface area contributed by atoms with Crippen LogP contribution in [-0.4, -0.2) is 9.91 Å².